The van der Waals surface area contributed by atoms with Crippen LogP contribution < -0.4 is 10.6 Å². The van der Waals surface area contributed by atoms with E-state index >= 15 is 0 Å². The summed E-state index contributed by atoms with van der Waals surface area (Å²) in [5, 5.41) is 7.67. The van der Waals surface area contributed by atoms with Crippen LogP contribution in [0.15, 0.2) is 0 Å². The Balaban J connectivity index is 1.83. The molecule has 0 spiro atoms. The Morgan fingerprint density at radius 3 is 2.40 bits per heavy atom. The lowest BCUT2D eigenvalue weighted by Crippen LogP contribution is -2.49. The van der Waals surface area contributed by atoms with Gasteiger partial charge in [0.2, 0.25) is 0 Å². The molecule has 0 aromatic rings. The van der Waals surface area contributed by atoms with E-state index in [4.69, 9.17) is 0 Å². The van der Waals surface area contributed by atoms with Gasteiger partial charge in [-0.05, 0) is 56.9 Å². The average molecular weight is 280 g/mol. The van der Waals surface area contributed by atoms with Crippen molar-refractivity contribution in [3.05, 3.63) is 0 Å². The molecule has 0 bridgehead atoms. The van der Waals surface area contributed by atoms with Crippen molar-refractivity contribution >= 4 is 0 Å². The molecule has 1 saturated heterocycles. The topological polar surface area (TPSA) is 24.1 Å². The molecule has 0 aromatic heterocycles. The van der Waals surface area contributed by atoms with Crippen molar-refractivity contribution in [1.82, 2.24) is 10.6 Å². The lowest BCUT2D eigenvalue weighted by molar-refractivity contribution is 0.121. The van der Waals surface area contributed by atoms with Crippen molar-refractivity contribution in [3.63, 3.8) is 0 Å². The number of piperidine rings is 1. The van der Waals surface area contributed by atoms with Gasteiger partial charge in [-0.25, -0.2) is 0 Å². The highest BCUT2D eigenvalue weighted by Crippen LogP contribution is 2.38. The first kappa shape index (κ1) is 16.3. The first-order valence-electron chi connectivity index (χ1n) is 8.96. The van der Waals surface area contributed by atoms with Crippen LogP contribution in [0.5, 0.6) is 0 Å². The highest BCUT2D eigenvalue weighted by molar-refractivity contribution is 4.90. The summed E-state index contributed by atoms with van der Waals surface area (Å²) in [5.41, 5.74) is 0.445. The SMILES string of the molecule is CC(CC1CCCCN1)NC1CCCCC1C(C)(C)C. The van der Waals surface area contributed by atoms with E-state index in [1.165, 1.54) is 57.9 Å². The molecule has 2 aliphatic rings. The van der Waals surface area contributed by atoms with Crippen molar-refractivity contribution in [3.8, 4) is 0 Å². The van der Waals surface area contributed by atoms with Crippen LogP contribution in [0.3, 0.4) is 0 Å². The summed E-state index contributed by atoms with van der Waals surface area (Å²) in [7, 11) is 0. The highest BCUT2D eigenvalue weighted by atomic mass is 15.0. The van der Waals surface area contributed by atoms with Gasteiger partial charge < -0.3 is 10.6 Å². The largest absolute Gasteiger partial charge is 0.314 e. The van der Waals surface area contributed by atoms with Gasteiger partial charge in [0, 0.05) is 18.1 Å². The van der Waals surface area contributed by atoms with Crippen LogP contribution in [0.1, 0.15) is 79.1 Å². The molecule has 20 heavy (non-hydrogen) atoms. The minimum absolute atomic E-state index is 0.445. The molecular weight excluding hydrogens is 244 g/mol. The molecule has 118 valence electrons. The van der Waals surface area contributed by atoms with E-state index in [0.29, 0.717) is 11.5 Å². The maximum atomic E-state index is 3.98. The third-order valence-corrected chi connectivity index (χ3v) is 5.43. The number of rotatable bonds is 4. The lowest BCUT2D eigenvalue weighted by atomic mass is 9.69. The maximum absolute atomic E-state index is 3.98. The Labute approximate surface area is 126 Å². The fourth-order valence-corrected chi connectivity index (χ4v) is 4.35. The highest BCUT2D eigenvalue weighted by Gasteiger charge is 2.34. The van der Waals surface area contributed by atoms with E-state index in [1.54, 1.807) is 0 Å². The van der Waals surface area contributed by atoms with Crippen molar-refractivity contribution in [2.24, 2.45) is 11.3 Å². The normalized spacial score (nSPS) is 33.9. The van der Waals surface area contributed by atoms with Crippen molar-refractivity contribution in [1.29, 1.82) is 0 Å². The maximum Gasteiger partial charge on any atom is 0.0103 e. The number of nitrogens with one attached hydrogen (secondary N) is 2. The third kappa shape index (κ3) is 4.73. The smallest absolute Gasteiger partial charge is 0.0103 e. The minimum atomic E-state index is 0.445. The quantitative estimate of drug-likeness (QED) is 0.810. The Hall–Kier alpha value is -0.0800. The first-order chi connectivity index (χ1) is 9.47. The molecule has 1 heterocycles. The van der Waals surface area contributed by atoms with Crippen molar-refractivity contribution < 1.29 is 0 Å². The van der Waals surface area contributed by atoms with Crippen LogP contribution in [-0.4, -0.2) is 24.7 Å². The van der Waals surface area contributed by atoms with E-state index in [-0.39, 0.29) is 0 Å². The predicted molar refractivity (Wildman–Crippen MR) is 88.1 cm³/mol. The number of hydrogen-bond donors (Lipinski definition) is 2. The van der Waals surface area contributed by atoms with Gasteiger partial charge in [-0.1, -0.05) is 40.0 Å². The predicted octanol–water partition coefficient (Wildman–Crippen LogP) is 4.10. The van der Waals surface area contributed by atoms with Gasteiger partial charge in [-0.15, -0.1) is 0 Å². The molecule has 2 heteroatoms. The van der Waals surface area contributed by atoms with Gasteiger partial charge >= 0.3 is 0 Å². The van der Waals surface area contributed by atoms with Crippen LogP contribution >= 0.6 is 0 Å². The molecular formula is C18H36N2. The van der Waals surface area contributed by atoms with E-state index in [0.717, 1.165) is 18.0 Å². The van der Waals surface area contributed by atoms with Crippen LogP contribution in [0.25, 0.3) is 0 Å². The van der Waals surface area contributed by atoms with E-state index in [1.807, 2.05) is 0 Å². The fraction of sp³-hybridized carbons (Fsp3) is 1.00. The Morgan fingerprint density at radius 1 is 1.05 bits per heavy atom. The second-order valence-corrected chi connectivity index (χ2v) is 8.31. The molecule has 2 fully saturated rings. The lowest BCUT2D eigenvalue weighted by Gasteiger charge is -2.42. The summed E-state index contributed by atoms with van der Waals surface area (Å²) in [6.07, 6.45) is 11.1. The molecule has 4 atom stereocenters. The minimum Gasteiger partial charge on any atom is -0.314 e. The van der Waals surface area contributed by atoms with Gasteiger partial charge in [-0.2, -0.15) is 0 Å². The second-order valence-electron chi connectivity index (χ2n) is 8.31. The van der Waals surface area contributed by atoms with Crippen molar-refractivity contribution in [2.75, 3.05) is 6.54 Å². The average Bonchev–Trinajstić information content (AvgIpc) is 2.39. The first-order valence-corrected chi connectivity index (χ1v) is 8.96. The summed E-state index contributed by atoms with van der Waals surface area (Å²) < 4.78 is 0. The van der Waals surface area contributed by atoms with Gasteiger partial charge in [0.25, 0.3) is 0 Å². The molecule has 2 rings (SSSR count). The fourth-order valence-electron chi connectivity index (χ4n) is 4.35. The zero-order valence-electron chi connectivity index (χ0n) is 14.2. The van der Waals surface area contributed by atoms with Gasteiger partial charge in [-0.3, -0.25) is 0 Å². The van der Waals surface area contributed by atoms with E-state index in [9.17, 15) is 0 Å². The molecule has 0 aromatic carbocycles. The molecule has 1 saturated carbocycles. The zero-order chi connectivity index (χ0) is 14.6. The van der Waals surface area contributed by atoms with Gasteiger partial charge in [0.1, 0.15) is 0 Å². The molecule has 2 N–H and O–H groups in total. The second kappa shape index (κ2) is 7.26. The Kier molecular flexibility index (Phi) is 5.92. The van der Waals surface area contributed by atoms with Gasteiger partial charge in [0.15, 0.2) is 0 Å². The molecule has 0 radical (unpaired) electrons. The number of hydrogen-bond acceptors (Lipinski definition) is 2. The van der Waals surface area contributed by atoms with Crippen LogP contribution in [0, 0.1) is 11.3 Å². The van der Waals surface area contributed by atoms with Crippen molar-refractivity contribution in [2.45, 2.75) is 97.2 Å². The van der Waals surface area contributed by atoms with E-state index < -0.39 is 0 Å². The molecule has 2 nitrogen and oxygen atoms in total. The van der Waals surface area contributed by atoms with Crippen LogP contribution in [-0.2, 0) is 0 Å². The molecule has 1 aliphatic heterocycles. The van der Waals surface area contributed by atoms with Crippen LogP contribution in [0.2, 0.25) is 0 Å². The van der Waals surface area contributed by atoms with Crippen LogP contribution in [0.4, 0.5) is 0 Å². The zero-order valence-corrected chi connectivity index (χ0v) is 14.2. The third-order valence-electron chi connectivity index (χ3n) is 5.43. The standard InChI is InChI=1S/C18H36N2/c1-14(13-15-9-7-8-12-19-15)20-17-11-6-5-10-16(17)18(2,3)4/h14-17,19-20H,5-13H2,1-4H3. The summed E-state index contributed by atoms with van der Waals surface area (Å²) in [4.78, 5) is 0. The molecule has 0 amide bonds. The molecule has 1 aliphatic carbocycles. The Morgan fingerprint density at radius 2 is 1.75 bits per heavy atom. The summed E-state index contributed by atoms with van der Waals surface area (Å²) in [5.74, 6) is 0.845. The van der Waals surface area contributed by atoms with Gasteiger partial charge in [0.05, 0.1) is 0 Å². The summed E-state index contributed by atoms with van der Waals surface area (Å²) >= 11 is 0. The van der Waals surface area contributed by atoms with E-state index in [2.05, 4.69) is 38.3 Å². The molecule has 4 unspecified atom stereocenters. The summed E-state index contributed by atoms with van der Waals surface area (Å²) in [6, 6.07) is 2.14. The summed E-state index contributed by atoms with van der Waals surface area (Å²) in [6.45, 7) is 10.9. The Bertz CT molecular complexity index is 276. The monoisotopic (exact) mass is 280 g/mol.